The van der Waals surface area contributed by atoms with E-state index in [9.17, 15) is 5.11 Å². The van der Waals surface area contributed by atoms with Crippen molar-refractivity contribution in [3.63, 3.8) is 0 Å². The smallest absolute Gasteiger partial charge is 0.0537 e. The maximum atomic E-state index is 9.23. The average Bonchev–Trinajstić information content (AvgIpc) is 1.97. The lowest BCUT2D eigenvalue weighted by atomic mass is 9.97. The molecule has 0 aliphatic carbocycles. The molecule has 0 saturated heterocycles. The topological polar surface area (TPSA) is 20.2 Å². The molecule has 0 radical (unpaired) electrons. The Bertz CT molecular complexity index is 97.2. The minimum Gasteiger partial charge on any atom is -0.393 e. The Hall–Kier alpha value is -0.0400. The van der Waals surface area contributed by atoms with Gasteiger partial charge in [0.25, 0.3) is 0 Å². The van der Waals surface area contributed by atoms with Crippen LogP contribution in [0.25, 0.3) is 0 Å². The summed E-state index contributed by atoms with van der Waals surface area (Å²) in [5, 5.41) is 9.23. The molecule has 12 heavy (non-hydrogen) atoms. The quantitative estimate of drug-likeness (QED) is 0.610. The van der Waals surface area contributed by atoms with E-state index in [-0.39, 0.29) is 6.10 Å². The zero-order chi connectivity index (χ0) is 9.56. The average molecular weight is 172 g/mol. The molecule has 1 N–H and O–H groups in total. The molecule has 0 aromatic rings. The maximum absolute atomic E-state index is 9.23. The summed E-state index contributed by atoms with van der Waals surface area (Å²) < 4.78 is 0. The molecule has 0 aliphatic rings. The normalized spacial score (nSPS) is 16.5. The Kier molecular flexibility index (Phi) is 6.45. The second-order valence-electron chi connectivity index (χ2n) is 4.40. The number of hydrogen-bond acceptors (Lipinski definition) is 1. The molecular formula is C11H24O. The molecule has 0 aromatic carbocycles. The van der Waals surface area contributed by atoms with Crippen LogP contribution in [0, 0.1) is 11.8 Å². The Balaban J connectivity index is 3.20. The first-order chi connectivity index (χ1) is 5.54. The van der Waals surface area contributed by atoms with Gasteiger partial charge in [-0.25, -0.2) is 0 Å². The van der Waals surface area contributed by atoms with Gasteiger partial charge in [-0.1, -0.05) is 40.0 Å². The van der Waals surface area contributed by atoms with E-state index in [4.69, 9.17) is 0 Å². The number of unbranched alkanes of at least 4 members (excludes halogenated alkanes) is 1. The molecular weight excluding hydrogens is 148 g/mol. The molecule has 0 saturated carbocycles. The number of aliphatic hydroxyl groups is 1. The van der Waals surface area contributed by atoms with Gasteiger partial charge < -0.3 is 5.11 Å². The van der Waals surface area contributed by atoms with Crippen molar-refractivity contribution in [2.45, 2.75) is 59.5 Å². The molecule has 0 aliphatic heterocycles. The summed E-state index contributed by atoms with van der Waals surface area (Å²) in [5.74, 6) is 1.30. The number of hydrogen-bond donors (Lipinski definition) is 1. The second kappa shape index (κ2) is 6.47. The van der Waals surface area contributed by atoms with Gasteiger partial charge >= 0.3 is 0 Å². The third-order valence-corrected chi connectivity index (χ3v) is 2.51. The van der Waals surface area contributed by atoms with Crippen LogP contribution in [-0.2, 0) is 0 Å². The summed E-state index contributed by atoms with van der Waals surface area (Å²) in [5.41, 5.74) is 0. The SMILES string of the molecule is CC(C)CCCCC(C)C(C)O. The van der Waals surface area contributed by atoms with E-state index in [1.165, 1.54) is 25.7 Å². The zero-order valence-electron chi connectivity index (χ0n) is 9.01. The Morgan fingerprint density at radius 2 is 1.42 bits per heavy atom. The van der Waals surface area contributed by atoms with Crippen molar-refractivity contribution < 1.29 is 5.11 Å². The third kappa shape index (κ3) is 6.66. The minimum absolute atomic E-state index is 0.135. The van der Waals surface area contributed by atoms with Gasteiger partial charge in [-0.2, -0.15) is 0 Å². The van der Waals surface area contributed by atoms with Gasteiger partial charge in [0.05, 0.1) is 6.10 Å². The molecule has 0 heterocycles. The van der Waals surface area contributed by atoms with Crippen molar-refractivity contribution in [1.82, 2.24) is 0 Å². The van der Waals surface area contributed by atoms with Crippen LogP contribution in [0.5, 0.6) is 0 Å². The van der Waals surface area contributed by atoms with E-state index in [1.54, 1.807) is 0 Å². The number of aliphatic hydroxyl groups excluding tert-OH is 1. The lowest BCUT2D eigenvalue weighted by Crippen LogP contribution is -2.12. The first-order valence-electron chi connectivity index (χ1n) is 5.22. The van der Waals surface area contributed by atoms with Crippen molar-refractivity contribution >= 4 is 0 Å². The Morgan fingerprint density at radius 1 is 0.917 bits per heavy atom. The molecule has 1 heteroatoms. The summed E-state index contributed by atoms with van der Waals surface area (Å²) in [6.07, 6.45) is 4.94. The van der Waals surface area contributed by atoms with Crippen molar-refractivity contribution in [1.29, 1.82) is 0 Å². The van der Waals surface area contributed by atoms with E-state index in [0.717, 1.165) is 5.92 Å². The van der Waals surface area contributed by atoms with Crippen LogP contribution in [0.15, 0.2) is 0 Å². The molecule has 1 nitrogen and oxygen atoms in total. The fraction of sp³-hybridized carbons (Fsp3) is 1.00. The van der Waals surface area contributed by atoms with E-state index in [0.29, 0.717) is 5.92 Å². The fourth-order valence-electron chi connectivity index (χ4n) is 1.26. The third-order valence-electron chi connectivity index (χ3n) is 2.51. The molecule has 74 valence electrons. The van der Waals surface area contributed by atoms with Crippen LogP contribution in [-0.4, -0.2) is 11.2 Å². The van der Waals surface area contributed by atoms with Crippen LogP contribution in [0.2, 0.25) is 0 Å². The number of rotatable bonds is 6. The van der Waals surface area contributed by atoms with Gasteiger partial charge in [-0.05, 0) is 25.2 Å². The molecule has 2 atom stereocenters. The predicted octanol–water partition coefficient (Wildman–Crippen LogP) is 3.22. The predicted molar refractivity (Wildman–Crippen MR) is 54.2 cm³/mol. The monoisotopic (exact) mass is 172 g/mol. The Labute approximate surface area is 77.2 Å². The highest BCUT2D eigenvalue weighted by molar-refractivity contribution is 4.59. The van der Waals surface area contributed by atoms with Gasteiger partial charge in [0.15, 0.2) is 0 Å². The van der Waals surface area contributed by atoms with Gasteiger partial charge in [0.1, 0.15) is 0 Å². The lowest BCUT2D eigenvalue weighted by molar-refractivity contribution is 0.128. The largest absolute Gasteiger partial charge is 0.393 e. The van der Waals surface area contributed by atoms with Crippen LogP contribution in [0.1, 0.15) is 53.4 Å². The highest BCUT2D eigenvalue weighted by Gasteiger charge is 2.07. The highest BCUT2D eigenvalue weighted by atomic mass is 16.3. The molecule has 0 spiro atoms. The van der Waals surface area contributed by atoms with Crippen molar-refractivity contribution in [2.24, 2.45) is 11.8 Å². The van der Waals surface area contributed by atoms with E-state index in [1.807, 2.05) is 6.92 Å². The summed E-state index contributed by atoms with van der Waals surface area (Å²) in [6, 6.07) is 0. The standard InChI is InChI=1S/C11H24O/c1-9(2)7-5-6-8-10(3)11(4)12/h9-12H,5-8H2,1-4H3. The molecule has 0 bridgehead atoms. The summed E-state index contributed by atoms with van der Waals surface area (Å²) in [7, 11) is 0. The minimum atomic E-state index is -0.135. The maximum Gasteiger partial charge on any atom is 0.0537 e. The Morgan fingerprint density at radius 3 is 1.83 bits per heavy atom. The van der Waals surface area contributed by atoms with Crippen LogP contribution in [0.4, 0.5) is 0 Å². The second-order valence-corrected chi connectivity index (χ2v) is 4.40. The zero-order valence-corrected chi connectivity index (χ0v) is 9.01. The van der Waals surface area contributed by atoms with E-state index >= 15 is 0 Å². The summed E-state index contributed by atoms with van der Waals surface area (Å²) in [4.78, 5) is 0. The highest BCUT2D eigenvalue weighted by Crippen LogP contribution is 2.15. The molecule has 2 unspecified atom stereocenters. The fourth-order valence-corrected chi connectivity index (χ4v) is 1.26. The molecule has 0 rings (SSSR count). The van der Waals surface area contributed by atoms with E-state index in [2.05, 4.69) is 20.8 Å². The molecule has 0 fully saturated rings. The van der Waals surface area contributed by atoms with Crippen molar-refractivity contribution in [3.05, 3.63) is 0 Å². The first kappa shape index (κ1) is 12.0. The molecule has 0 aromatic heterocycles. The van der Waals surface area contributed by atoms with Gasteiger partial charge in [-0.15, -0.1) is 0 Å². The first-order valence-corrected chi connectivity index (χ1v) is 5.22. The van der Waals surface area contributed by atoms with Crippen molar-refractivity contribution in [3.8, 4) is 0 Å². The van der Waals surface area contributed by atoms with Crippen LogP contribution >= 0.6 is 0 Å². The summed E-state index contributed by atoms with van der Waals surface area (Å²) in [6.45, 7) is 8.53. The lowest BCUT2D eigenvalue weighted by Gasteiger charge is -2.14. The van der Waals surface area contributed by atoms with E-state index < -0.39 is 0 Å². The molecule has 0 amide bonds. The van der Waals surface area contributed by atoms with Gasteiger partial charge in [0, 0.05) is 0 Å². The van der Waals surface area contributed by atoms with Crippen LogP contribution in [0.3, 0.4) is 0 Å². The van der Waals surface area contributed by atoms with Crippen LogP contribution < -0.4 is 0 Å². The van der Waals surface area contributed by atoms with Crippen molar-refractivity contribution in [2.75, 3.05) is 0 Å². The van der Waals surface area contributed by atoms with Gasteiger partial charge in [0.2, 0.25) is 0 Å². The van der Waals surface area contributed by atoms with Gasteiger partial charge in [-0.3, -0.25) is 0 Å². The summed E-state index contributed by atoms with van der Waals surface area (Å²) >= 11 is 0.